The van der Waals surface area contributed by atoms with Gasteiger partial charge < -0.3 is 4.74 Å². The Morgan fingerprint density at radius 2 is 2.11 bits per heavy atom. The molecule has 0 bridgehead atoms. The van der Waals surface area contributed by atoms with E-state index in [2.05, 4.69) is 19.8 Å². The van der Waals surface area contributed by atoms with Crippen molar-refractivity contribution in [1.29, 1.82) is 0 Å². The first-order chi connectivity index (χ1) is 8.63. The van der Waals surface area contributed by atoms with E-state index in [4.69, 9.17) is 0 Å². The maximum Gasteiger partial charge on any atom is 0.436 e. The fourth-order valence-corrected chi connectivity index (χ4v) is 2.09. The van der Waals surface area contributed by atoms with Crippen molar-refractivity contribution in [3.05, 3.63) is 34.5 Å². The average molecular weight is 266 g/mol. The molecule has 0 aliphatic carbocycles. The van der Waals surface area contributed by atoms with Crippen LogP contribution in [0.15, 0.2) is 33.3 Å². The van der Waals surface area contributed by atoms with Crippen LogP contribution >= 0.6 is 11.8 Å². The summed E-state index contributed by atoms with van der Waals surface area (Å²) in [5.74, 6) is 0. The molecular formula is C10H10N4O3S. The molecule has 2 rings (SSSR count). The van der Waals surface area contributed by atoms with E-state index in [9.17, 15) is 9.59 Å². The van der Waals surface area contributed by atoms with E-state index >= 15 is 0 Å². The Bertz CT molecular complexity index is 620. The molecule has 1 N–H and O–H groups in total. The summed E-state index contributed by atoms with van der Waals surface area (Å²) in [6.45, 7) is 1.69. The summed E-state index contributed by atoms with van der Waals surface area (Å²) >= 11 is 1.09. The molecule has 0 amide bonds. The number of aromatic amines is 1. The Balaban J connectivity index is 2.38. The molecule has 8 heteroatoms. The first-order valence-corrected chi connectivity index (χ1v) is 5.80. The largest absolute Gasteiger partial charge is 0.451 e. The van der Waals surface area contributed by atoms with Crippen molar-refractivity contribution in [1.82, 2.24) is 19.7 Å². The van der Waals surface area contributed by atoms with Crippen molar-refractivity contribution < 1.29 is 9.53 Å². The normalized spacial score (nSPS) is 10.3. The molecule has 7 nitrogen and oxygen atoms in total. The van der Waals surface area contributed by atoms with Crippen LogP contribution in [0.3, 0.4) is 0 Å². The highest BCUT2D eigenvalue weighted by Gasteiger charge is 2.18. The minimum Gasteiger partial charge on any atom is -0.451 e. The summed E-state index contributed by atoms with van der Waals surface area (Å²) in [5, 5.41) is 3.08. The van der Waals surface area contributed by atoms with Gasteiger partial charge in [-0.1, -0.05) is 0 Å². The molecule has 0 unspecified atom stereocenters. The number of H-pyrrole nitrogens is 1. The van der Waals surface area contributed by atoms with Gasteiger partial charge in [-0.05, 0) is 24.8 Å². The highest BCUT2D eigenvalue weighted by molar-refractivity contribution is 7.99. The molecule has 0 radical (unpaired) electrons. The number of aryl methyl sites for hydroxylation is 1. The topological polar surface area (TPSA) is 89.9 Å². The van der Waals surface area contributed by atoms with Gasteiger partial charge >= 0.3 is 6.09 Å². The molecule has 0 aromatic carbocycles. The number of carbonyl (C=O) groups is 1. The Morgan fingerprint density at radius 1 is 1.44 bits per heavy atom. The average Bonchev–Trinajstić information content (AvgIpc) is 2.67. The van der Waals surface area contributed by atoms with Crippen LogP contribution in [-0.2, 0) is 4.74 Å². The van der Waals surface area contributed by atoms with E-state index in [0.29, 0.717) is 15.7 Å². The second-order valence-electron chi connectivity index (χ2n) is 3.31. The van der Waals surface area contributed by atoms with Gasteiger partial charge in [0.05, 0.1) is 7.11 Å². The number of hydrogen-bond donors (Lipinski definition) is 1. The summed E-state index contributed by atoms with van der Waals surface area (Å²) in [4.78, 5) is 31.6. The van der Waals surface area contributed by atoms with Crippen LogP contribution in [0.25, 0.3) is 0 Å². The number of rotatable bonds is 2. The van der Waals surface area contributed by atoms with E-state index in [1.807, 2.05) is 0 Å². The minimum absolute atomic E-state index is 0.367. The summed E-state index contributed by atoms with van der Waals surface area (Å²) in [5.41, 5.74) is 0.0830. The van der Waals surface area contributed by atoms with E-state index in [1.165, 1.54) is 7.11 Å². The maximum atomic E-state index is 11.9. The third-order valence-electron chi connectivity index (χ3n) is 2.11. The second-order valence-corrected chi connectivity index (χ2v) is 4.29. The molecule has 2 aromatic rings. The highest BCUT2D eigenvalue weighted by Crippen LogP contribution is 2.22. The molecule has 0 atom stereocenters. The highest BCUT2D eigenvalue weighted by atomic mass is 32.2. The Labute approximate surface area is 106 Å². The molecule has 0 aliphatic rings. The Hall–Kier alpha value is -2.09. The van der Waals surface area contributed by atoms with E-state index in [-0.39, 0.29) is 0 Å². The van der Waals surface area contributed by atoms with Crippen molar-refractivity contribution in [2.24, 2.45) is 0 Å². The predicted octanol–water partition coefficient (Wildman–Crippen LogP) is 1.04. The zero-order chi connectivity index (χ0) is 13.1. The lowest BCUT2D eigenvalue weighted by atomic mass is 10.5. The lowest BCUT2D eigenvalue weighted by Gasteiger charge is -1.96. The zero-order valence-electron chi connectivity index (χ0n) is 9.71. The van der Waals surface area contributed by atoms with Crippen molar-refractivity contribution in [3.63, 3.8) is 0 Å². The van der Waals surface area contributed by atoms with Gasteiger partial charge in [-0.2, -0.15) is 0 Å². The number of nitrogens with zero attached hydrogens (tertiary/aromatic N) is 3. The molecule has 0 saturated heterocycles. The minimum atomic E-state index is -0.760. The van der Waals surface area contributed by atoms with Crippen LogP contribution in [0, 0.1) is 6.92 Å². The van der Waals surface area contributed by atoms with Crippen LogP contribution in [0.4, 0.5) is 4.79 Å². The van der Waals surface area contributed by atoms with Gasteiger partial charge in [-0.15, -0.1) is 4.68 Å². The molecule has 0 spiro atoms. The third kappa shape index (κ3) is 2.28. The van der Waals surface area contributed by atoms with Gasteiger partial charge in [0.15, 0.2) is 5.16 Å². The molecule has 0 saturated carbocycles. The van der Waals surface area contributed by atoms with Crippen molar-refractivity contribution in [2.75, 3.05) is 7.11 Å². The van der Waals surface area contributed by atoms with Gasteiger partial charge in [-0.25, -0.2) is 14.8 Å². The maximum absolute atomic E-state index is 11.9. The van der Waals surface area contributed by atoms with Crippen LogP contribution in [0.2, 0.25) is 0 Å². The number of ether oxygens (including phenoxy) is 1. The molecular weight excluding hydrogens is 256 g/mol. The predicted molar refractivity (Wildman–Crippen MR) is 63.7 cm³/mol. The van der Waals surface area contributed by atoms with E-state index in [1.54, 1.807) is 25.4 Å². The Kier molecular flexibility index (Phi) is 3.47. The summed E-state index contributed by atoms with van der Waals surface area (Å²) in [6.07, 6.45) is 2.40. The SMILES string of the molecule is COC(=O)n1[nH]c(C)c(Sc2ncccn2)c1=O. The van der Waals surface area contributed by atoms with Crippen LogP contribution in [0.1, 0.15) is 5.69 Å². The number of nitrogens with one attached hydrogen (secondary N) is 1. The van der Waals surface area contributed by atoms with Gasteiger partial charge in [0.25, 0.3) is 5.56 Å². The fourth-order valence-electron chi connectivity index (χ4n) is 1.30. The first kappa shape index (κ1) is 12.4. The lowest BCUT2D eigenvalue weighted by Crippen LogP contribution is -2.25. The summed E-state index contributed by atoms with van der Waals surface area (Å²) in [6, 6.07) is 1.68. The van der Waals surface area contributed by atoms with Gasteiger partial charge in [0.1, 0.15) is 4.90 Å². The van der Waals surface area contributed by atoms with Crippen molar-refractivity contribution in [3.8, 4) is 0 Å². The second kappa shape index (κ2) is 5.05. The van der Waals surface area contributed by atoms with Gasteiger partial charge in [0.2, 0.25) is 0 Å². The van der Waals surface area contributed by atoms with Crippen molar-refractivity contribution >= 4 is 17.9 Å². The van der Waals surface area contributed by atoms with E-state index in [0.717, 1.165) is 16.4 Å². The standard InChI is InChI=1S/C10H10N4O3S/c1-6-7(18-9-11-4-3-5-12-9)8(15)14(13-6)10(16)17-2/h3-5,13H,1-2H3. The van der Waals surface area contributed by atoms with Gasteiger partial charge in [-0.3, -0.25) is 9.89 Å². The van der Waals surface area contributed by atoms with Crippen LogP contribution in [-0.4, -0.2) is 33.0 Å². The fraction of sp³-hybridized carbons (Fsp3) is 0.200. The molecule has 0 aliphatic heterocycles. The molecule has 2 aromatic heterocycles. The number of methoxy groups -OCH3 is 1. The smallest absolute Gasteiger partial charge is 0.436 e. The lowest BCUT2D eigenvalue weighted by molar-refractivity contribution is 0.168. The van der Waals surface area contributed by atoms with Crippen LogP contribution in [0.5, 0.6) is 0 Å². The number of aromatic nitrogens is 4. The van der Waals surface area contributed by atoms with Crippen LogP contribution < -0.4 is 5.56 Å². The zero-order valence-corrected chi connectivity index (χ0v) is 10.5. The Morgan fingerprint density at radius 3 is 2.72 bits per heavy atom. The molecule has 18 heavy (non-hydrogen) atoms. The number of hydrogen-bond acceptors (Lipinski definition) is 6. The van der Waals surface area contributed by atoms with Gasteiger partial charge in [0, 0.05) is 18.1 Å². The molecule has 2 heterocycles. The quantitative estimate of drug-likeness (QED) is 0.817. The first-order valence-electron chi connectivity index (χ1n) is 4.98. The van der Waals surface area contributed by atoms with Crippen molar-refractivity contribution in [2.45, 2.75) is 17.0 Å². The third-order valence-corrected chi connectivity index (χ3v) is 3.19. The molecule has 94 valence electrons. The molecule has 0 fully saturated rings. The summed E-state index contributed by atoms with van der Waals surface area (Å²) < 4.78 is 5.29. The van der Waals surface area contributed by atoms with E-state index < -0.39 is 11.7 Å². The monoisotopic (exact) mass is 266 g/mol. The number of carbonyl (C=O) groups excluding carboxylic acids is 1. The summed E-state index contributed by atoms with van der Waals surface area (Å²) in [7, 11) is 1.21.